The largest absolute Gasteiger partial charge is 0.481 e. The van der Waals surface area contributed by atoms with E-state index in [1.165, 1.54) is 11.3 Å². The Labute approximate surface area is 218 Å². The summed E-state index contributed by atoms with van der Waals surface area (Å²) < 4.78 is 5.55. The van der Waals surface area contributed by atoms with Crippen molar-refractivity contribution >= 4 is 40.0 Å². The second kappa shape index (κ2) is 9.80. The molecule has 0 aliphatic heterocycles. The van der Waals surface area contributed by atoms with Crippen molar-refractivity contribution in [3.63, 3.8) is 0 Å². The van der Waals surface area contributed by atoms with Gasteiger partial charge in [0, 0.05) is 16.1 Å². The first-order valence-electron chi connectivity index (χ1n) is 11.6. The molecule has 1 aliphatic rings. The van der Waals surface area contributed by atoms with Gasteiger partial charge in [-0.1, -0.05) is 78.3 Å². The highest BCUT2D eigenvalue weighted by atomic mass is 35.5. The Hall–Kier alpha value is -3.61. The van der Waals surface area contributed by atoms with Gasteiger partial charge in [0.1, 0.15) is 11.1 Å². The smallest absolute Gasteiger partial charge is 0.412 e. The molecule has 1 saturated carbocycles. The van der Waals surface area contributed by atoms with Crippen LogP contribution in [0.15, 0.2) is 84.2 Å². The van der Waals surface area contributed by atoms with Crippen molar-refractivity contribution in [3.05, 3.63) is 100 Å². The van der Waals surface area contributed by atoms with Gasteiger partial charge in [-0.15, -0.1) is 11.3 Å². The molecule has 1 unspecified atom stereocenters. The van der Waals surface area contributed by atoms with Crippen LogP contribution in [-0.4, -0.2) is 17.2 Å². The van der Waals surface area contributed by atoms with Crippen molar-refractivity contribution in [1.82, 2.24) is 0 Å². The number of hydrogen-bond donors (Lipinski definition) is 2. The fourth-order valence-electron chi connectivity index (χ4n) is 4.36. The summed E-state index contributed by atoms with van der Waals surface area (Å²) in [6.07, 6.45) is 0.357. The van der Waals surface area contributed by atoms with Gasteiger partial charge < -0.3 is 9.84 Å². The summed E-state index contributed by atoms with van der Waals surface area (Å²) in [7, 11) is 0. The fourth-order valence-corrected chi connectivity index (χ4v) is 5.44. The third-order valence-corrected chi connectivity index (χ3v) is 7.81. The van der Waals surface area contributed by atoms with E-state index >= 15 is 0 Å². The van der Waals surface area contributed by atoms with Gasteiger partial charge in [0.05, 0.1) is 5.41 Å². The van der Waals surface area contributed by atoms with E-state index in [1.807, 2.05) is 78.2 Å². The Morgan fingerprint density at radius 3 is 2.17 bits per heavy atom. The molecule has 5 nitrogen and oxygen atoms in total. The summed E-state index contributed by atoms with van der Waals surface area (Å²) in [5, 5.41) is 15.5. The Balaban J connectivity index is 1.27. The minimum atomic E-state index is -0.748. The molecule has 1 aliphatic carbocycles. The molecule has 7 heteroatoms. The highest BCUT2D eigenvalue weighted by molar-refractivity contribution is 7.15. The summed E-state index contributed by atoms with van der Waals surface area (Å²) in [5.74, 6) is -0.748. The van der Waals surface area contributed by atoms with Crippen molar-refractivity contribution in [3.8, 4) is 22.3 Å². The molecule has 1 aromatic heterocycles. The quantitative estimate of drug-likeness (QED) is 0.259. The number of anilines is 1. The molecule has 0 bridgehead atoms. The van der Waals surface area contributed by atoms with E-state index in [-0.39, 0.29) is 0 Å². The lowest BCUT2D eigenvalue weighted by Gasteiger charge is -2.15. The number of carboxylic acid groups (broad SMARTS) is 1. The molecule has 0 saturated heterocycles. The average Bonchev–Trinajstić information content (AvgIpc) is 3.58. The standard InChI is InChI=1S/C29H24ClNO4S/c1-18(23-4-2-3-5-25(23)30)35-28(34)31-26-24(14-17-36-26)21-8-6-19(7-9-21)20-10-12-22(13-11-20)29(15-16-29)27(32)33/h2-14,17-18H,15-16H2,1H3,(H,31,34)(H,32,33). The number of nitrogens with one attached hydrogen (secondary N) is 1. The normalized spacial score (nSPS) is 14.6. The third-order valence-electron chi connectivity index (χ3n) is 6.63. The predicted molar refractivity (Wildman–Crippen MR) is 144 cm³/mol. The van der Waals surface area contributed by atoms with E-state index in [1.54, 1.807) is 13.0 Å². The predicted octanol–water partition coefficient (Wildman–Crippen LogP) is 8.16. The summed E-state index contributed by atoms with van der Waals surface area (Å²) >= 11 is 7.64. The highest BCUT2D eigenvalue weighted by Crippen LogP contribution is 2.48. The number of hydrogen-bond acceptors (Lipinski definition) is 4. The van der Waals surface area contributed by atoms with Crippen molar-refractivity contribution < 1.29 is 19.4 Å². The van der Waals surface area contributed by atoms with Crippen LogP contribution >= 0.6 is 22.9 Å². The van der Waals surface area contributed by atoms with Crippen LogP contribution in [0, 0.1) is 0 Å². The zero-order valence-electron chi connectivity index (χ0n) is 19.5. The number of thiophene rings is 1. The minimum Gasteiger partial charge on any atom is -0.481 e. The van der Waals surface area contributed by atoms with Gasteiger partial charge in [0.15, 0.2) is 0 Å². The highest BCUT2D eigenvalue weighted by Gasteiger charge is 2.51. The van der Waals surface area contributed by atoms with Crippen LogP contribution in [0.4, 0.5) is 9.80 Å². The number of rotatable bonds is 7. The molecule has 0 spiro atoms. The van der Waals surface area contributed by atoms with Gasteiger partial charge in [-0.05, 0) is 59.5 Å². The molecular weight excluding hydrogens is 494 g/mol. The minimum absolute atomic E-state index is 0.488. The number of carbonyl (C=O) groups excluding carboxylic acids is 1. The van der Waals surface area contributed by atoms with Crippen LogP contribution in [0.25, 0.3) is 22.3 Å². The van der Waals surface area contributed by atoms with Crippen LogP contribution in [0.5, 0.6) is 0 Å². The van der Waals surface area contributed by atoms with E-state index in [4.69, 9.17) is 16.3 Å². The van der Waals surface area contributed by atoms with E-state index in [9.17, 15) is 14.7 Å². The molecule has 182 valence electrons. The number of benzene rings is 3. The fraction of sp³-hybridized carbons (Fsp3) is 0.172. The first kappa shape index (κ1) is 24.1. The lowest BCUT2D eigenvalue weighted by molar-refractivity contribution is -0.140. The van der Waals surface area contributed by atoms with Gasteiger partial charge in [0.2, 0.25) is 0 Å². The molecule has 1 atom stereocenters. The maximum Gasteiger partial charge on any atom is 0.412 e. The number of carboxylic acids is 1. The maximum absolute atomic E-state index is 12.6. The second-order valence-corrected chi connectivity index (χ2v) is 10.2. The molecule has 1 heterocycles. The van der Waals surface area contributed by atoms with Gasteiger partial charge in [-0.2, -0.15) is 0 Å². The molecule has 1 fully saturated rings. The zero-order chi connectivity index (χ0) is 25.3. The lowest BCUT2D eigenvalue weighted by atomic mass is 9.93. The van der Waals surface area contributed by atoms with Gasteiger partial charge in [-0.25, -0.2) is 4.79 Å². The summed E-state index contributed by atoms with van der Waals surface area (Å²) in [4.78, 5) is 24.1. The number of carbonyl (C=O) groups is 2. The molecule has 36 heavy (non-hydrogen) atoms. The zero-order valence-corrected chi connectivity index (χ0v) is 21.1. The van der Waals surface area contributed by atoms with Crippen molar-refractivity contribution in [2.24, 2.45) is 0 Å². The molecule has 2 N–H and O–H groups in total. The molecule has 4 aromatic rings. The van der Waals surface area contributed by atoms with Crippen molar-refractivity contribution in [2.75, 3.05) is 5.32 Å². The van der Waals surface area contributed by atoms with Crippen molar-refractivity contribution in [2.45, 2.75) is 31.3 Å². The van der Waals surface area contributed by atoms with E-state index in [2.05, 4.69) is 5.32 Å². The van der Waals surface area contributed by atoms with Gasteiger partial charge >= 0.3 is 12.1 Å². The molecule has 3 aromatic carbocycles. The Morgan fingerprint density at radius 2 is 1.56 bits per heavy atom. The molecule has 1 amide bonds. The monoisotopic (exact) mass is 517 g/mol. The number of aliphatic carboxylic acids is 1. The molecular formula is C29H24ClNO4S. The van der Waals surface area contributed by atoms with Crippen LogP contribution in [0.1, 0.15) is 37.0 Å². The van der Waals surface area contributed by atoms with E-state index in [0.717, 1.165) is 33.4 Å². The Kier molecular flexibility index (Phi) is 6.56. The van der Waals surface area contributed by atoms with Crippen molar-refractivity contribution in [1.29, 1.82) is 0 Å². The first-order valence-corrected chi connectivity index (χ1v) is 12.9. The van der Waals surface area contributed by atoms with Gasteiger partial charge in [0.25, 0.3) is 0 Å². The summed E-state index contributed by atoms with van der Waals surface area (Å²) in [5.41, 5.74) is 4.84. The second-order valence-electron chi connectivity index (χ2n) is 8.90. The van der Waals surface area contributed by atoms with E-state index in [0.29, 0.717) is 22.9 Å². The SMILES string of the molecule is CC(OC(=O)Nc1sccc1-c1ccc(-c2ccc(C3(C(=O)O)CC3)cc2)cc1)c1ccccc1Cl. The Morgan fingerprint density at radius 1 is 0.944 bits per heavy atom. The van der Waals surface area contributed by atoms with Gasteiger partial charge in [-0.3, -0.25) is 10.1 Å². The van der Waals surface area contributed by atoms with Crippen LogP contribution in [0.3, 0.4) is 0 Å². The Bertz CT molecular complexity index is 1410. The summed E-state index contributed by atoms with van der Waals surface area (Å²) in [6.45, 7) is 1.79. The molecule has 5 rings (SSSR count). The summed E-state index contributed by atoms with van der Waals surface area (Å²) in [6, 6.07) is 25.1. The van der Waals surface area contributed by atoms with Crippen LogP contribution in [0.2, 0.25) is 5.02 Å². The lowest BCUT2D eigenvalue weighted by Crippen LogP contribution is -2.19. The molecule has 0 radical (unpaired) electrons. The number of amides is 1. The third kappa shape index (κ3) is 4.74. The number of ether oxygens (including phenoxy) is 1. The maximum atomic E-state index is 12.6. The van der Waals surface area contributed by atoms with Crippen LogP contribution in [-0.2, 0) is 14.9 Å². The van der Waals surface area contributed by atoms with Crippen LogP contribution < -0.4 is 5.32 Å². The first-order chi connectivity index (χ1) is 17.4. The van der Waals surface area contributed by atoms with E-state index < -0.39 is 23.6 Å². The topological polar surface area (TPSA) is 75.6 Å². The average molecular weight is 518 g/mol. The number of halogens is 1.